The van der Waals surface area contributed by atoms with Gasteiger partial charge in [0.1, 0.15) is 0 Å². The van der Waals surface area contributed by atoms with E-state index in [-0.39, 0.29) is 5.25 Å². The van der Waals surface area contributed by atoms with Crippen molar-refractivity contribution in [3.63, 3.8) is 0 Å². The molecule has 2 nitrogen and oxygen atoms in total. The van der Waals surface area contributed by atoms with Crippen molar-refractivity contribution < 1.29 is 8.42 Å². The molecule has 1 atom stereocenters. The summed E-state index contributed by atoms with van der Waals surface area (Å²) in [7, 11) is -2.82. The summed E-state index contributed by atoms with van der Waals surface area (Å²) >= 11 is 0. The van der Waals surface area contributed by atoms with E-state index in [1.165, 1.54) is 64.2 Å². The fraction of sp³-hybridized carbons (Fsp3) is 1.00. The summed E-state index contributed by atoms with van der Waals surface area (Å²) < 4.78 is 23.7. The maximum atomic E-state index is 11.8. The molecule has 0 spiro atoms. The molecule has 0 N–H and O–H groups in total. The molecule has 0 heterocycles. The largest absolute Gasteiger partial charge is 0.229 e. The average Bonchev–Trinajstić information content (AvgIpc) is 2.48. The first-order chi connectivity index (χ1) is 10.1. The van der Waals surface area contributed by atoms with Crippen LogP contribution in [0.2, 0.25) is 0 Å². The Labute approximate surface area is 134 Å². The first-order valence-corrected chi connectivity index (χ1v) is 11.0. The predicted molar refractivity (Wildman–Crippen MR) is 94.6 cm³/mol. The van der Waals surface area contributed by atoms with Crippen LogP contribution in [-0.4, -0.2) is 19.4 Å². The van der Waals surface area contributed by atoms with E-state index in [4.69, 9.17) is 0 Å². The van der Waals surface area contributed by atoms with Crippen molar-refractivity contribution in [3.8, 4) is 0 Å². The molecule has 0 aliphatic heterocycles. The molecule has 0 aromatic rings. The van der Waals surface area contributed by atoms with Crippen LogP contribution in [0.5, 0.6) is 0 Å². The summed E-state index contributed by atoms with van der Waals surface area (Å²) in [5.41, 5.74) is 0. The number of rotatable bonds is 15. The highest BCUT2D eigenvalue weighted by Gasteiger charge is 2.20. The van der Waals surface area contributed by atoms with E-state index in [0.29, 0.717) is 5.75 Å². The minimum Gasteiger partial charge on any atom is -0.229 e. The predicted octanol–water partition coefficient (Wildman–Crippen LogP) is 5.90. The molecular weight excluding hydrogens is 280 g/mol. The van der Waals surface area contributed by atoms with Crippen LogP contribution in [0.15, 0.2) is 0 Å². The first-order valence-electron chi connectivity index (χ1n) is 9.30. The number of sulfone groups is 1. The third-order valence-corrected chi connectivity index (χ3v) is 6.88. The molecule has 21 heavy (non-hydrogen) atoms. The summed E-state index contributed by atoms with van der Waals surface area (Å²) in [5.74, 6) is 0.295. The van der Waals surface area contributed by atoms with Crippen molar-refractivity contribution in [1.82, 2.24) is 0 Å². The molecule has 0 aromatic carbocycles. The molecule has 0 saturated carbocycles. The van der Waals surface area contributed by atoms with Crippen LogP contribution >= 0.6 is 0 Å². The van der Waals surface area contributed by atoms with Crippen molar-refractivity contribution in [2.45, 2.75) is 109 Å². The standard InChI is InChI=1S/C18H38O2S/c1-4-7-8-9-10-11-12-13-14-15-16-17-18(5-2)21(19,20)6-3/h18H,4-17H2,1-3H3. The Bertz CT molecular complexity index is 309. The van der Waals surface area contributed by atoms with Gasteiger partial charge in [0.2, 0.25) is 0 Å². The fourth-order valence-electron chi connectivity index (χ4n) is 2.91. The van der Waals surface area contributed by atoms with Gasteiger partial charge in [-0.1, -0.05) is 91.4 Å². The second kappa shape index (κ2) is 13.6. The molecule has 0 aliphatic carbocycles. The molecule has 0 radical (unpaired) electrons. The van der Waals surface area contributed by atoms with Gasteiger partial charge >= 0.3 is 0 Å². The summed E-state index contributed by atoms with van der Waals surface area (Å²) in [5, 5.41) is -0.0962. The zero-order valence-corrected chi connectivity index (χ0v) is 15.5. The van der Waals surface area contributed by atoms with Gasteiger partial charge in [-0.3, -0.25) is 0 Å². The van der Waals surface area contributed by atoms with Gasteiger partial charge in [0, 0.05) is 5.75 Å². The second-order valence-electron chi connectivity index (χ2n) is 6.31. The Hall–Kier alpha value is -0.0500. The molecule has 0 saturated heterocycles. The van der Waals surface area contributed by atoms with E-state index < -0.39 is 9.84 Å². The Morgan fingerprint density at radius 2 is 1.10 bits per heavy atom. The highest BCUT2D eigenvalue weighted by molar-refractivity contribution is 7.91. The maximum Gasteiger partial charge on any atom is 0.152 e. The summed E-state index contributed by atoms with van der Waals surface area (Å²) in [6.45, 7) is 6.02. The summed E-state index contributed by atoms with van der Waals surface area (Å²) in [4.78, 5) is 0. The third kappa shape index (κ3) is 11.2. The van der Waals surface area contributed by atoms with Gasteiger partial charge in [-0.25, -0.2) is 8.42 Å². The van der Waals surface area contributed by atoms with E-state index in [1.807, 2.05) is 6.92 Å². The van der Waals surface area contributed by atoms with Gasteiger partial charge in [-0.2, -0.15) is 0 Å². The maximum absolute atomic E-state index is 11.8. The molecule has 0 aliphatic rings. The van der Waals surface area contributed by atoms with E-state index in [0.717, 1.165) is 19.3 Å². The quantitative estimate of drug-likeness (QED) is 0.352. The molecule has 128 valence electrons. The highest BCUT2D eigenvalue weighted by atomic mass is 32.2. The lowest BCUT2D eigenvalue weighted by molar-refractivity contribution is 0.527. The monoisotopic (exact) mass is 318 g/mol. The van der Waals surface area contributed by atoms with Crippen LogP contribution in [0.1, 0.15) is 104 Å². The van der Waals surface area contributed by atoms with Crippen molar-refractivity contribution in [1.29, 1.82) is 0 Å². The van der Waals surface area contributed by atoms with Gasteiger partial charge in [0.15, 0.2) is 9.84 Å². The van der Waals surface area contributed by atoms with Crippen molar-refractivity contribution >= 4 is 9.84 Å². The molecular formula is C18H38O2S. The minimum atomic E-state index is -2.82. The van der Waals surface area contributed by atoms with Crippen LogP contribution in [-0.2, 0) is 9.84 Å². The molecule has 0 amide bonds. The Kier molecular flexibility index (Phi) is 13.6. The smallest absolute Gasteiger partial charge is 0.152 e. The molecule has 0 aromatic heterocycles. The molecule has 1 unspecified atom stereocenters. The number of unbranched alkanes of at least 4 members (excludes halogenated alkanes) is 10. The third-order valence-electron chi connectivity index (χ3n) is 4.50. The normalized spacial score (nSPS) is 13.5. The summed E-state index contributed by atoms with van der Waals surface area (Å²) in [6, 6.07) is 0. The van der Waals surface area contributed by atoms with Gasteiger partial charge < -0.3 is 0 Å². The van der Waals surface area contributed by atoms with Crippen LogP contribution < -0.4 is 0 Å². The van der Waals surface area contributed by atoms with Crippen LogP contribution in [0, 0.1) is 0 Å². The molecule has 0 fully saturated rings. The van der Waals surface area contributed by atoms with Gasteiger partial charge in [-0.05, 0) is 12.8 Å². The second-order valence-corrected chi connectivity index (χ2v) is 8.88. The topological polar surface area (TPSA) is 34.1 Å². The van der Waals surface area contributed by atoms with Crippen molar-refractivity contribution in [2.24, 2.45) is 0 Å². The van der Waals surface area contributed by atoms with Gasteiger partial charge in [0.25, 0.3) is 0 Å². The SMILES string of the molecule is CCCCCCCCCCCCCC(CC)S(=O)(=O)CC. The van der Waals surface area contributed by atoms with Crippen LogP contribution in [0.3, 0.4) is 0 Å². The molecule has 0 bridgehead atoms. The number of hydrogen-bond acceptors (Lipinski definition) is 2. The van der Waals surface area contributed by atoms with E-state index in [9.17, 15) is 8.42 Å². The number of hydrogen-bond donors (Lipinski definition) is 0. The summed E-state index contributed by atoms with van der Waals surface area (Å²) in [6.07, 6.45) is 16.2. The van der Waals surface area contributed by atoms with E-state index in [1.54, 1.807) is 6.92 Å². The minimum absolute atomic E-state index is 0.0962. The Morgan fingerprint density at radius 3 is 1.48 bits per heavy atom. The van der Waals surface area contributed by atoms with Gasteiger partial charge in [-0.15, -0.1) is 0 Å². The van der Waals surface area contributed by atoms with Crippen LogP contribution in [0.4, 0.5) is 0 Å². The van der Waals surface area contributed by atoms with E-state index >= 15 is 0 Å². The zero-order chi connectivity index (χ0) is 16.0. The molecule has 0 rings (SSSR count). The van der Waals surface area contributed by atoms with Gasteiger partial charge in [0.05, 0.1) is 5.25 Å². The average molecular weight is 319 g/mol. The lowest BCUT2D eigenvalue weighted by Gasteiger charge is -2.14. The lowest BCUT2D eigenvalue weighted by atomic mass is 10.0. The van der Waals surface area contributed by atoms with Crippen LogP contribution in [0.25, 0.3) is 0 Å². The fourth-order valence-corrected chi connectivity index (χ4v) is 4.41. The van der Waals surface area contributed by atoms with Crippen molar-refractivity contribution in [3.05, 3.63) is 0 Å². The lowest BCUT2D eigenvalue weighted by Crippen LogP contribution is -2.22. The Balaban J connectivity index is 3.43. The molecule has 3 heteroatoms. The first kappa shape index (κ1) is 20.9. The zero-order valence-electron chi connectivity index (χ0n) is 14.7. The highest BCUT2D eigenvalue weighted by Crippen LogP contribution is 2.17. The Morgan fingerprint density at radius 1 is 0.667 bits per heavy atom. The van der Waals surface area contributed by atoms with E-state index in [2.05, 4.69) is 6.92 Å². The van der Waals surface area contributed by atoms with Crippen molar-refractivity contribution in [2.75, 3.05) is 5.75 Å².